The van der Waals surface area contributed by atoms with E-state index in [1.165, 1.54) is 11.1 Å². The summed E-state index contributed by atoms with van der Waals surface area (Å²) in [6.07, 6.45) is 0.962. The minimum atomic E-state index is 0. The van der Waals surface area contributed by atoms with Gasteiger partial charge in [0.05, 0.1) is 19.3 Å². The normalized spacial score (nSPS) is 16.9. The molecule has 2 aromatic carbocycles. The Morgan fingerprint density at radius 3 is 2.36 bits per heavy atom. The first-order valence-electron chi connectivity index (χ1n) is 9.69. The summed E-state index contributed by atoms with van der Waals surface area (Å²) < 4.78 is 5.48. The summed E-state index contributed by atoms with van der Waals surface area (Å²) in [6, 6.07) is 16.6. The molecule has 1 amide bonds. The summed E-state index contributed by atoms with van der Waals surface area (Å²) in [5.74, 6) is 1.16. The molecule has 1 saturated heterocycles. The second-order valence-corrected chi connectivity index (χ2v) is 7.27. The molecule has 2 aliphatic heterocycles. The minimum absolute atomic E-state index is 0. The zero-order chi connectivity index (χ0) is 18.6. The number of benzene rings is 2. The number of methoxy groups -OCH3 is 1. The van der Waals surface area contributed by atoms with Gasteiger partial charge in [0.1, 0.15) is 5.75 Å². The van der Waals surface area contributed by atoms with Gasteiger partial charge >= 0.3 is 0 Å². The van der Waals surface area contributed by atoms with E-state index in [4.69, 9.17) is 4.74 Å². The zero-order valence-electron chi connectivity index (χ0n) is 16.3. The molecular weight excluding hydrogens is 374 g/mol. The second kappa shape index (κ2) is 9.30. The van der Waals surface area contributed by atoms with E-state index in [9.17, 15) is 4.79 Å². The Morgan fingerprint density at radius 2 is 1.61 bits per heavy atom. The van der Waals surface area contributed by atoms with Gasteiger partial charge in [0.15, 0.2) is 0 Å². The molecule has 150 valence electrons. The van der Waals surface area contributed by atoms with Crippen LogP contribution in [0.25, 0.3) is 0 Å². The predicted molar refractivity (Wildman–Crippen MR) is 114 cm³/mol. The smallest absolute Gasteiger partial charge is 0.237 e. The van der Waals surface area contributed by atoms with Crippen LogP contribution < -0.4 is 9.64 Å². The van der Waals surface area contributed by atoms with Crippen LogP contribution in [0.4, 0.5) is 5.69 Å². The van der Waals surface area contributed by atoms with Crippen LogP contribution in [0, 0.1) is 0 Å². The third-order valence-corrected chi connectivity index (χ3v) is 5.64. The number of amides is 1. The molecule has 2 aromatic rings. The fourth-order valence-electron chi connectivity index (χ4n) is 4.04. The highest BCUT2D eigenvalue weighted by atomic mass is 35.5. The molecule has 0 unspecified atom stereocenters. The molecule has 0 radical (unpaired) electrons. The third kappa shape index (κ3) is 4.42. The number of nitrogens with zero attached hydrogens (tertiary/aromatic N) is 3. The van der Waals surface area contributed by atoms with Gasteiger partial charge in [-0.15, -0.1) is 12.4 Å². The van der Waals surface area contributed by atoms with Crippen LogP contribution in [-0.2, 0) is 17.8 Å². The lowest BCUT2D eigenvalue weighted by molar-refractivity contribution is -0.133. The summed E-state index contributed by atoms with van der Waals surface area (Å²) in [5, 5.41) is 0. The Hall–Kier alpha value is -2.24. The van der Waals surface area contributed by atoms with E-state index < -0.39 is 0 Å². The maximum atomic E-state index is 12.8. The largest absolute Gasteiger partial charge is 0.495 e. The minimum Gasteiger partial charge on any atom is -0.495 e. The molecule has 4 rings (SSSR count). The van der Waals surface area contributed by atoms with Gasteiger partial charge in [0.2, 0.25) is 5.91 Å². The van der Waals surface area contributed by atoms with Gasteiger partial charge in [-0.25, -0.2) is 0 Å². The van der Waals surface area contributed by atoms with E-state index in [0.717, 1.165) is 57.1 Å². The van der Waals surface area contributed by atoms with Crippen LogP contribution >= 0.6 is 12.4 Å². The first-order chi connectivity index (χ1) is 13.2. The van der Waals surface area contributed by atoms with Crippen molar-refractivity contribution in [1.29, 1.82) is 0 Å². The van der Waals surface area contributed by atoms with E-state index in [0.29, 0.717) is 6.54 Å². The first-order valence-corrected chi connectivity index (χ1v) is 9.69. The van der Waals surface area contributed by atoms with Gasteiger partial charge in [-0.05, 0) is 29.7 Å². The number of fused-ring (bicyclic) bond motifs is 1. The monoisotopic (exact) mass is 401 g/mol. The quantitative estimate of drug-likeness (QED) is 0.789. The van der Waals surface area contributed by atoms with Gasteiger partial charge in [-0.1, -0.05) is 36.4 Å². The van der Waals surface area contributed by atoms with E-state index in [1.54, 1.807) is 7.11 Å². The molecule has 0 N–H and O–H groups in total. The summed E-state index contributed by atoms with van der Waals surface area (Å²) in [7, 11) is 1.71. The number of hydrogen-bond acceptors (Lipinski definition) is 4. The van der Waals surface area contributed by atoms with E-state index in [1.807, 2.05) is 23.1 Å². The average Bonchev–Trinajstić information content (AvgIpc) is 2.74. The van der Waals surface area contributed by atoms with Crippen molar-refractivity contribution in [1.82, 2.24) is 9.80 Å². The van der Waals surface area contributed by atoms with Crippen molar-refractivity contribution in [2.24, 2.45) is 0 Å². The molecule has 0 aliphatic carbocycles. The number of halogens is 1. The van der Waals surface area contributed by atoms with Crippen LogP contribution in [0.2, 0.25) is 0 Å². The number of hydrogen-bond donors (Lipinski definition) is 0. The molecule has 0 aromatic heterocycles. The van der Waals surface area contributed by atoms with Crippen LogP contribution in [-0.4, -0.2) is 62.1 Å². The Labute approximate surface area is 173 Å². The van der Waals surface area contributed by atoms with Crippen molar-refractivity contribution in [3.05, 3.63) is 59.7 Å². The molecular formula is C22H28ClN3O2. The first kappa shape index (κ1) is 20.5. The summed E-state index contributed by atoms with van der Waals surface area (Å²) >= 11 is 0. The number of carbonyl (C=O) groups is 1. The highest BCUT2D eigenvalue weighted by Gasteiger charge is 2.25. The molecule has 2 heterocycles. The van der Waals surface area contributed by atoms with Gasteiger partial charge in [-0.3, -0.25) is 9.69 Å². The van der Waals surface area contributed by atoms with Crippen molar-refractivity contribution >= 4 is 24.0 Å². The molecule has 1 fully saturated rings. The third-order valence-electron chi connectivity index (χ3n) is 5.64. The Balaban J connectivity index is 0.00000225. The lowest BCUT2D eigenvalue weighted by Crippen LogP contribution is -2.50. The molecule has 0 atom stereocenters. The molecule has 0 saturated carbocycles. The fourth-order valence-corrected chi connectivity index (χ4v) is 4.04. The molecule has 2 aliphatic rings. The van der Waals surface area contributed by atoms with Crippen molar-refractivity contribution in [2.45, 2.75) is 13.0 Å². The van der Waals surface area contributed by atoms with Crippen LogP contribution in [0.1, 0.15) is 11.1 Å². The average molecular weight is 402 g/mol. The number of piperazine rings is 1. The van der Waals surface area contributed by atoms with Gasteiger partial charge in [0, 0.05) is 39.3 Å². The molecule has 0 spiro atoms. The van der Waals surface area contributed by atoms with E-state index >= 15 is 0 Å². The Bertz CT molecular complexity index is 806. The van der Waals surface area contributed by atoms with Gasteiger partial charge in [0.25, 0.3) is 0 Å². The lowest BCUT2D eigenvalue weighted by atomic mass is 10.00. The van der Waals surface area contributed by atoms with Crippen LogP contribution in [0.15, 0.2) is 48.5 Å². The number of carbonyl (C=O) groups excluding carboxylic acids is 1. The number of para-hydroxylation sites is 2. The Morgan fingerprint density at radius 1 is 0.929 bits per heavy atom. The molecule has 28 heavy (non-hydrogen) atoms. The van der Waals surface area contributed by atoms with E-state index in [-0.39, 0.29) is 18.3 Å². The number of rotatable bonds is 4. The summed E-state index contributed by atoms with van der Waals surface area (Å²) in [4.78, 5) is 19.4. The maximum Gasteiger partial charge on any atom is 0.237 e. The number of ether oxygens (including phenoxy) is 1. The molecule has 6 heteroatoms. The standard InChI is InChI=1S/C22H27N3O2.ClH/c1-27-21-9-5-4-8-20(21)24-14-12-23(13-15-24)17-22(26)25-11-10-18-6-2-3-7-19(18)16-25;/h2-9H,10-17H2,1H3;1H. The molecule has 0 bridgehead atoms. The SMILES string of the molecule is COc1ccccc1N1CCN(CC(=O)N2CCc3ccccc3C2)CC1.Cl. The predicted octanol–water partition coefficient (Wildman–Crippen LogP) is 2.82. The second-order valence-electron chi connectivity index (χ2n) is 7.27. The zero-order valence-corrected chi connectivity index (χ0v) is 17.2. The van der Waals surface area contributed by atoms with E-state index in [2.05, 4.69) is 40.1 Å². The highest BCUT2D eigenvalue weighted by Crippen LogP contribution is 2.28. The highest BCUT2D eigenvalue weighted by molar-refractivity contribution is 5.85. The summed E-state index contributed by atoms with van der Waals surface area (Å²) in [6.45, 7) is 5.71. The maximum absolute atomic E-state index is 12.8. The van der Waals surface area contributed by atoms with Crippen LogP contribution in [0.3, 0.4) is 0 Å². The van der Waals surface area contributed by atoms with Gasteiger partial charge in [-0.2, -0.15) is 0 Å². The fraction of sp³-hybridized carbons (Fsp3) is 0.409. The van der Waals surface area contributed by atoms with Crippen molar-refractivity contribution < 1.29 is 9.53 Å². The van der Waals surface area contributed by atoms with Crippen molar-refractivity contribution in [3.63, 3.8) is 0 Å². The molecule has 5 nitrogen and oxygen atoms in total. The topological polar surface area (TPSA) is 36.0 Å². The van der Waals surface area contributed by atoms with Gasteiger partial charge < -0.3 is 14.5 Å². The lowest BCUT2D eigenvalue weighted by Gasteiger charge is -2.37. The van der Waals surface area contributed by atoms with Crippen LogP contribution in [0.5, 0.6) is 5.75 Å². The van der Waals surface area contributed by atoms with Crippen molar-refractivity contribution in [2.75, 3.05) is 51.3 Å². The Kier molecular flexibility index (Phi) is 6.81. The van der Waals surface area contributed by atoms with Crippen molar-refractivity contribution in [3.8, 4) is 5.75 Å². The summed E-state index contributed by atoms with van der Waals surface area (Å²) in [5.41, 5.74) is 3.81. The number of anilines is 1.